The fraction of sp³-hybridized carbons (Fsp3) is 1.00. The van der Waals surface area contributed by atoms with Crippen LogP contribution in [0.25, 0.3) is 0 Å². The summed E-state index contributed by atoms with van der Waals surface area (Å²) in [6, 6.07) is 0.986. The van der Waals surface area contributed by atoms with E-state index in [0.29, 0.717) is 0 Å². The summed E-state index contributed by atoms with van der Waals surface area (Å²) in [6.07, 6.45) is 2.87. The summed E-state index contributed by atoms with van der Waals surface area (Å²) >= 11 is 0. The van der Waals surface area contributed by atoms with Crippen LogP contribution in [-0.4, -0.2) is 24.0 Å². The van der Waals surface area contributed by atoms with Gasteiger partial charge in [-0.2, -0.15) is 0 Å². The molecule has 58 valence electrons. The van der Waals surface area contributed by atoms with Crippen molar-refractivity contribution in [2.24, 2.45) is 11.8 Å². The fourth-order valence-corrected chi connectivity index (χ4v) is 2.73. The number of fused-ring (bicyclic) bond motifs is 1. The van der Waals surface area contributed by atoms with Crippen molar-refractivity contribution < 1.29 is 0 Å². The predicted molar refractivity (Wildman–Crippen MR) is 42.9 cm³/mol. The summed E-state index contributed by atoms with van der Waals surface area (Å²) < 4.78 is 0. The van der Waals surface area contributed by atoms with Crippen molar-refractivity contribution in [1.82, 2.24) is 4.90 Å². The van der Waals surface area contributed by atoms with Crippen LogP contribution < -0.4 is 0 Å². The number of hydrogen-bond acceptors (Lipinski definition) is 1. The minimum atomic E-state index is 0.970. The van der Waals surface area contributed by atoms with Gasteiger partial charge in [0.1, 0.15) is 0 Å². The van der Waals surface area contributed by atoms with E-state index in [2.05, 4.69) is 18.7 Å². The van der Waals surface area contributed by atoms with E-state index in [-0.39, 0.29) is 0 Å². The van der Waals surface area contributed by atoms with E-state index in [1.165, 1.54) is 25.9 Å². The maximum atomic E-state index is 2.65. The highest BCUT2D eigenvalue weighted by Gasteiger charge is 2.42. The lowest BCUT2D eigenvalue weighted by Gasteiger charge is -2.37. The third-order valence-corrected chi connectivity index (χ3v) is 3.40. The molecule has 0 radical (unpaired) electrons. The fourth-order valence-electron chi connectivity index (χ4n) is 2.73. The lowest BCUT2D eigenvalue weighted by molar-refractivity contribution is 0.112. The van der Waals surface area contributed by atoms with Crippen molar-refractivity contribution in [1.29, 1.82) is 0 Å². The minimum absolute atomic E-state index is 0.970. The van der Waals surface area contributed by atoms with E-state index in [4.69, 9.17) is 0 Å². The molecule has 0 aromatic rings. The predicted octanol–water partition coefficient (Wildman–Crippen LogP) is 1.74. The second-order valence-electron chi connectivity index (χ2n) is 3.90. The Bertz CT molecular complexity index is 133. The first-order valence-electron chi connectivity index (χ1n) is 4.57. The zero-order chi connectivity index (χ0) is 7.14. The standard InChI is InChI=1S/C9H17N/c1-3-8-7(2)6-10-5-4-9(8)10/h7-9H,3-6H2,1-2H3. The lowest BCUT2D eigenvalue weighted by atomic mass is 9.86. The van der Waals surface area contributed by atoms with E-state index in [1.807, 2.05) is 0 Å². The van der Waals surface area contributed by atoms with Crippen molar-refractivity contribution in [3.05, 3.63) is 0 Å². The molecule has 3 atom stereocenters. The highest BCUT2D eigenvalue weighted by Crippen LogP contribution is 2.39. The summed E-state index contributed by atoms with van der Waals surface area (Å²) in [6.45, 7) is 7.50. The Morgan fingerprint density at radius 2 is 2.30 bits per heavy atom. The number of rotatable bonds is 1. The summed E-state index contributed by atoms with van der Waals surface area (Å²) in [7, 11) is 0. The molecule has 3 unspecified atom stereocenters. The van der Waals surface area contributed by atoms with Crippen molar-refractivity contribution >= 4 is 0 Å². The van der Waals surface area contributed by atoms with Crippen LogP contribution >= 0.6 is 0 Å². The molecule has 0 saturated carbocycles. The minimum Gasteiger partial charge on any atom is -0.300 e. The van der Waals surface area contributed by atoms with Crippen molar-refractivity contribution in [2.75, 3.05) is 13.1 Å². The van der Waals surface area contributed by atoms with Crippen LogP contribution in [0.1, 0.15) is 26.7 Å². The average Bonchev–Trinajstić information content (AvgIpc) is 2.09. The van der Waals surface area contributed by atoms with Gasteiger partial charge in [-0.25, -0.2) is 0 Å². The molecule has 1 heteroatoms. The molecule has 0 N–H and O–H groups in total. The van der Waals surface area contributed by atoms with E-state index in [9.17, 15) is 0 Å². The Balaban J connectivity index is 2.04. The van der Waals surface area contributed by atoms with E-state index in [0.717, 1.165) is 17.9 Å². The molecule has 0 amide bonds. The van der Waals surface area contributed by atoms with Crippen LogP contribution in [0.4, 0.5) is 0 Å². The number of nitrogens with zero attached hydrogens (tertiary/aromatic N) is 1. The van der Waals surface area contributed by atoms with Crippen LogP contribution in [-0.2, 0) is 0 Å². The third-order valence-electron chi connectivity index (χ3n) is 3.40. The Hall–Kier alpha value is -0.0400. The molecule has 2 rings (SSSR count). The van der Waals surface area contributed by atoms with Gasteiger partial charge in [-0.1, -0.05) is 20.3 Å². The van der Waals surface area contributed by atoms with Crippen LogP contribution in [0.15, 0.2) is 0 Å². The summed E-state index contributed by atoms with van der Waals surface area (Å²) in [4.78, 5) is 2.65. The topological polar surface area (TPSA) is 3.24 Å². The normalized spacial score (nSPS) is 46.8. The molecule has 2 heterocycles. The quantitative estimate of drug-likeness (QED) is 0.535. The number of hydrogen-bond donors (Lipinski definition) is 0. The molecular weight excluding hydrogens is 122 g/mol. The first-order chi connectivity index (χ1) is 4.83. The van der Waals surface area contributed by atoms with Gasteiger partial charge in [0, 0.05) is 12.6 Å². The Kier molecular flexibility index (Phi) is 1.48. The summed E-state index contributed by atoms with van der Waals surface area (Å²) in [5.74, 6) is 1.99. The molecule has 0 bridgehead atoms. The Labute approximate surface area is 63.4 Å². The Morgan fingerprint density at radius 3 is 2.60 bits per heavy atom. The molecule has 0 spiro atoms. The molecular formula is C9H17N. The second-order valence-corrected chi connectivity index (χ2v) is 3.90. The molecule has 0 aromatic heterocycles. The first kappa shape index (κ1) is 6.66. The van der Waals surface area contributed by atoms with E-state index >= 15 is 0 Å². The average molecular weight is 139 g/mol. The highest BCUT2D eigenvalue weighted by atomic mass is 15.2. The van der Waals surface area contributed by atoms with Crippen LogP contribution in [0, 0.1) is 11.8 Å². The Morgan fingerprint density at radius 1 is 1.50 bits per heavy atom. The van der Waals surface area contributed by atoms with Gasteiger partial charge in [0.25, 0.3) is 0 Å². The molecule has 2 fully saturated rings. The van der Waals surface area contributed by atoms with Gasteiger partial charge in [-0.15, -0.1) is 0 Å². The smallest absolute Gasteiger partial charge is 0.0139 e. The van der Waals surface area contributed by atoms with Gasteiger partial charge in [0.15, 0.2) is 0 Å². The first-order valence-corrected chi connectivity index (χ1v) is 4.57. The van der Waals surface area contributed by atoms with Gasteiger partial charge in [0.05, 0.1) is 0 Å². The van der Waals surface area contributed by atoms with Crippen molar-refractivity contribution in [3.63, 3.8) is 0 Å². The molecule has 10 heavy (non-hydrogen) atoms. The maximum absolute atomic E-state index is 2.65. The van der Waals surface area contributed by atoms with Gasteiger partial charge >= 0.3 is 0 Å². The SMILES string of the molecule is CCC1C(C)CN2CCC12. The van der Waals surface area contributed by atoms with E-state index in [1.54, 1.807) is 0 Å². The monoisotopic (exact) mass is 139 g/mol. The van der Waals surface area contributed by atoms with Gasteiger partial charge in [0.2, 0.25) is 0 Å². The maximum Gasteiger partial charge on any atom is 0.0139 e. The van der Waals surface area contributed by atoms with Crippen molar-refractivity contribution in [3.8, 4) is 0 Å². The molecule has 2 saturated heterocycles. The third kappa shape index (κ3) is 0.731. The summed E-state index contributed by atoms with van der Waals surface area (Å²) in [5.41, 5.74) is 0. The molecule has 0 aromatic carbocycles. The van der Waals surface area contributed by atoms with Gasteiger partial charge < -0.3 is 0 Å². The zero-order valence-corrected chi connectivity index (χ0v) is 7.01. The zero-order valence-electron chi connectivity index (χ0n) is 7.01. The molecule has 2 aliphatic heterocycles. The molecule has 1 nitrogen and oxygen atoms in total. The van der Waals surface area contributed by atoms with Crippen LogP contribution in [0.5, 0.6) is 0 Å². The van der Waals surface area contributed by atoms with Crippen LogP contribution in [0.2, 0.25) is 0 Å². The summed E-state index contributed by atoms with van der Waals surface area (Å²) in [5, 5.41) is 0. The van der Waals surface area contributed by atoms with E-state index < -0.39 is 0 Å². The second kappa shape index (κ2) is 2.23. The van der Waals surface area contributed by atoms with Crippen LogP contribution in [0.3, 0.4) is 0 Å². The molecule has 2 aliphatic rings. The van der Waals surface area contributed by atoms with Gasteiger partial charge in [-0.3, -0.25) is 4.90 Å². The largest absolute Gasteiger partial charge is 0.300 e. The lowest BCUT2D eigenvalue weighted by Crippen LogP contribution is -2.45. The van der Waals surface area contributed by atoms with Gasteiger partial charge in [-0.05, 0) is 24.8 Å². The highest BCUT2D eigenvalue weighted by molar-refractivity contribution is 4.96. The molecule has 0 aliphatic carbocycles. The van der Waals surface area contributed by atoms with Crippen molar-refractivity contribution in [2.45, 2.75) is 32.7 Å².